The summed E-state index contributed by atoms with van der Waals surface area (Å²) in [6.07, 6.45) is -1.21. The van der Waals surface area contributed by atoms with Gasteiger partial charge in [-0.25, -0.2) is 9.18 Å². The van der Waals surface area contributed by atoms with Crippen LogP contribution in [0.5, 0.6) is 5.75 Å². The fourth-order valence-corrected chi connectivity index (χ4v) is 2.58. The van der Waals surface area contributed by atoms with Crippen molar-refractivity contribution in [1.29, 1.82) is 5.26 Å². The summed E-state index contributed by atoms with van der Waals surface area (Å²) >= 11 is 0. The van der Waals surface area contributed by atoms with E-state index in [9.17, 15) is 14.0 Å². The summed E-state index contributed by atoms with van der Waals surface area (Å²) < 4.78 is 23.8. The molecule has 0 radical (unpaired) electrons. The van der Waals surface area contributed by atoms with Gasteiger partial charge in [-0.3, -0.25) is 4.79 Å². The molecule has 0 heterocycles. The number of hydrogen-bond donors (Lipinski definition) is 1. The molecule has 0 saturated heterocycles. The molecule has 3 aromatic rings. The van der Waals surface area contributed by atoms with Crippen molar-refractivity contribution in [3.05, 3.63) is 95.8 Å². The van der Waals surface area contributed by atoms with E-state index in [0.717, 1.165) is 0 Å². The quantitative estimate of drug-likeness (QED) is 0.602. The second-order valence-corrected chi connectivity index (χ2v) is 6.20. The zero-order chi connectivity index (χ0) is 21.3. The molecule has 0 spiro atoms. The smallest absolute Gasteiger partial charge is 0.345 e. The van der Waals surface area contributed by atoms with Gasteiger partial charge in [0.05, 0.1) is 11.6 Å². The Morgan fingerprint density at radius 3 is 2.27 bits per heavy atom. The zero-order valence-electron chi connectivity index (χ0n) is 15.7. The van der Waals surface area contributed by atoms with Crippen LogP contribution in [0.1, 0.15) is 17.2 Å². The highest BCUT2D eigenvalue weighted by atomic mass is 19.1. The molecule has 1 atom stereocenters. The Hall–Kier alpha value is -4.18. The first-order chi connectivity index (χ1) is 14.5. The first kappa shape index (κ1) is 20.6. The Morgan fingerprint density at radius 2 is 1.63 bits per heavy atom. The van der Waals surface area contributed by atoms with Crippen LogP contribution in [0, 0.1) is 17.1 Å². The third-order valence-corrected chi connectivity index (χ3v) is 4.04. The number of amides is 1. The molecule has 1 N–H and O–H groups in total. The Labute approximate surface area is 172 Å². The van der Waals surface area contributed by atoms with Gasteiger partial charge in [0.2, 0.25) is 6.10 Å². The van der Waals surface area contributed by atoms with E-state index in [1.807, 2.05) is 6.07 Å². The Bertz CT molecular complexity index is 1050. The minimum Gasteiger partial charge on any atom is -0.482 e. The monoisotopic (exact) mass is 404 g/mol. The van der Waals surface area contributed by atoms with E-state index in [1.54, 1.807) is 54.6 Å². The van der Waals surface area contributed by atoms with Gasteiger partial charge in [-0.2, -0.15) is 5.26 Å². The van der Waals surface area contributed by atoms with E-state index in [0.29, 0.717) is 22.6 Å². The van der Waals surface area contributed by atoms with Crippen LogP contribution < -0.4 is 10.1 Å². The standard InChI is InChI=1S/C23H17FN2O4/c24-18-8-10-19(11-9-18)26-23(28)22(17-4-2-1-3-5-17)30-21(27)15-29-20-12-6-16(14-25)7-13-20/h1-13,22H,15H2,(H,26,28)/t22-/m1/s1. The SMILES string of the molecule is N#Cc1ccc(OCC(=O)O[C@@H](C(=O)Nc2ccc(F)cc2)c2ccccc2)cc1. The minimum absolute atomic E-state index is 0.368. The maximum Gasteiger partial charge on any atom is 0.345 e. The highest BCUT2D eigenvalue weighted by Gasteiger charge is 2.25. The summed E-state index contributed by atoms with van der Waals surface area (Å²) in [5.41, 5.74) is 1.31. The van der Waals surface area contributed by atoms with Crippen LogP contribution in [0.4, 0.5) is 10.1 Å². The molecule has 7 heteroatoms. The van der Waals surface area contributed by atoms with Gasteiger partial charge in [0.25, 0.3) is 5.91 Å². The molecule has 0 unspecified atom stereocenters. The van der Waals surface area contributed by atoms with Crippen molar-refractivity contribution in [2.45, 2.75) is 6.10 Å². The summed E-state index contributed by atoms with van der Waals surface area (Å²) in [6, 6.07) is 22.0. The molecular weight excluding hydrogens is 387 g/mol. The van der Waals surface area contributed by atoms with Gasteiger partial charge in [0.1, 0.15) is 11.6 Å². The number of nitriles is 1. The molecule has 0 aromatic heterocycles. The van der Waals surface area contributed by atoms with E-state index < -0.39 is 30.4 Å². The van der Waals surface area contributed by atoms with Crippen molar-refractivity contribution < 1.29 is 23.5 Å². The van der Waals surface area contributed by atoms with Crippen LogP contribution in [-0.4, -0.2) is 18.5 Å². The lowest BCUT2D eigenvalue weighted by atomic mass is 10.1. The lowest BCUT2D eigenvalue weighted by Crippen LogP contribution is -2.28. The zero-order valence-corrected chi connectivity index (χ0v) is 15.7. The van der Waals surface area contributed by atoms with E-state index in [1.165, 1.54) is 24.3 Å². The number of halogens is 1. The third-order valence-electron chi connectivity index (χ3n) is 4.04. The number of nitrogens with zero attached hydrogens (tertiary/aromatic N) is 1. The van der Waals surface area contributed by atoms with Gasteiger partial charge < -0.3 is 14.8 Å². The van der Waals surface area contributed by atoms with Crippen molar-refractivity contribution in [2.24, 2.45) is 0 Å². The van der Waals surface area contributed by atoms with E-state index >= 15 is 0 Å². The van der Waals surface area contributed by atoms with Crippen LogP contribution in [0.2, 0.25) is 0 Å². The number of carbonyl (C=O) groups excluding carboxylic acids is 2. The largest absolute Gasteiger partial charge is 0.482 e. The van der Waals surface area contributed by atoms with Gasteiger partial charge in [0, 0.05) is 11.3 Å². The second-order valence-electron chi connectivity index (χ2n) is 6.20. The molecule has 0 aliphatic heterocycles. The van der Waals surface area contributed by atoms with Gasteiger partial charge in [0.15, 0.2) is 6.61 Å². The van der Waals surface area contributed by atoms with Crippen LogP contribution in [0.15, 0.2) is 78.9 Å². The fourth-order valence-electron chi connectivity index (χ4n) is 2.58. The Balaban J connectivity index is 1.67. The maximum atomic E-state index is 13.1. The highest BCUT2D eigenvalue weighted by molar-refractivity contribution is 5.96. The summed E-state index contributed by atoms with van der Waals surface area (Å²) in [7, 11) is 0. The number of benzene rings is 3. The normalized spacial score (nSPS) is 11.1. The lowest BCUT2D eigenvalue weighted by Gasteiger charge is -2.18. The molecule has 3 rings (SSSR count). The number of carbonyl (C=O) groups is 2. The van der Waals surface area contributed by atoms with Crippen LogP contribution in [0.3, 0.4) is 0 Å². The number of nitrogens with one attached hydrogen (secondary N) is 1. The number of hydrogen-bond acceptors (Lipinski definition) is 5. The van der Waals surface area contributed by atoms with Gasteiger partial charge >= 0.3 is 5.97 Å². The average Bonchev–Trinajstić information content (AvgIpc) is 2.78. The molecule has 150 valence electrons. The molecule has 0 aliphatic rings. The second kappa shape index (κ2) is 9.85. The van der Waals surface area contributed by atoms with Crippen molar-refractivity contribution in [1.82, 2.24) is 0 Å². The molecule has 0 bridgehead atoms. The van der Waals surface area contributed by atoms with E-state index in [4.69, 9.17) is 14.7 Å². The Morgan fingerprint density at radius 1 is 0.967 bits per heavy atom. The number of ether oxygens (including phenoxy) is 2. The molecule has 30 heavy (non-hydrogen) atoms. The molecule has 3 aromatic carbocycles. The summed E-state index contributed by atoms with van der Waals surface area (Å²) in [6.45, 7) is -0.418. The number of esters is 1. The molecular formula is C23H17FN2O4. The van der Waals surface area contributed by atoms with Crippen LogP contribution in [0.25, 0.3) is 0 Å². The lowest BCUT2D eigenvalue weighted by molar-refractivity contribution is -0.156. The van der Waals surface area contributed by atoms with Crippen molar-refractivity contribution in [3.63, 3.8) is 0 Å². The van der Waals surface area contributed by atoms with E-state index in [-0.39, 0.29) is 0 Å². The first-order valence-electron chi connectivity index (χ1n) is 8.99. The summed E-state index contributed by atoms with van der Waals surface area (Å²) in [5, 5.41) is 11.4. The van der Waals surface area contributed by atoms with Crippen LogP contribution >= 0.6 is 0 Å². The summed E-state index contributed by atoms with van der Waals surface area (Å²) in [5.74, 6) is -1.38. The van der Waals surface area contributed by atoms with Gasteiger partial charge in [-0.05, 0) is 48.5 Å². The maximum absolute atomic E-state index is 13.1. The van der Waals surface area contributed by atoms with Crippen molar-refractivity contribution in [3.8, 4) is 11.8 Å². The van der Waals surface area contributed by atoms with Gasteiger partial charge in [-0.1, -0.05) is 30.3 Å². The minimum atomic E-state index is -1.21. The number of rotatable bonds is 7. The summed E-state index contributed by atoms with van der Waals surface area (Å²) in [4.78, 5) is 25.0. The first-order valence-corrected chi connectivity index (χ1v) is 8.99. The van der Waals surface area contributed by atoms with Crippen molar-refractivity contribution in [2.75, 3.05) is 11.9 Å². The van der Waals surface area contributed by atoms with Crippen LogP contribution in [-0.2, 0) is 14.3 Å². The van der Waals surface area contributed by atoms with Gasteiger partial charge in [-0.15, -0.1) is 0 Å². The van der Waals surface area contributed by atoms with E-state index in [2.05, 4.69) is 5.32 Å². The molecule has 0 fully saturated rings. The topological polar surface area (TPSA) is 88.4 Å². The average molecular weight is 404 g/mol. The predicted molar refractivity (Wildman–Crippen MR) is 107 cm³/mol. The molecule has 0 aliphatic carbocycles. The molecule has 0 saturated carbocycles. The number of anilines is 1. The third kappa shape index (κ3) is 5.66. The molecule has 1 amide bonds. The predicted octanol–water partition coefficient (Wildman–Crippen LogP) is 4.00. The molecule has 6 nitrogen and oxygen atoms in total. The highest BCUT2D eigenvalue weighted by Crippen LogP contribution is 2.21. The Kier molecular flexibility index (Phi) is 6.74. The van der Waals surface area contributed by atoms with Crippen molar-refractivity contribution >= 4 is 17.6 Å². The fraction of sp³-hybridized carbons (Fsp3) is 0.0870.